The van der Waals surface area contributed by atoms with Crippen molar-refractivity contribution >= 4 is 34.1 Å². The molecule has 32 heavy (non-hydrogen) atoms. The summed E-state index contributed by atoms with van der Waals surface area (Å²) in [6.45, 7) is 0.575. The third kappa shape index (κ3) is 4.90. The Kier molecular flexibility index (Phi) is 6.99. The van der Waals surface area contributed by atoms with Crippen molar-refractivity contribution in [1.82, 2.24) is 15.4 Å². The van der Waals surface area contributed by atoms with Gasteiger partial charge in [0.15, 0.2) is 0 Å². The van der Waals surface area contributed by atoms with Crippen molar-refractivity contribution in [2.75, 3.05) is 19.4 Å². The second-order valence-electron chi connectivity index (χ2n) is 7.50. The molecule has 1 aromatic heterocycles. The van der Waals surface area contributed by atoms with Gasteiger partial charge in [-0.15, -0.1) is 0 Å². The molecule has 1 aliphatic rings. The molecule has 0 spiro atoms. The number of carbonyl (C=O) groups is 2. The molecule has 1 aliphatic heterocycles. The minimum absolute atomic E-state index is 0.170. The molecule has 0 saturated carbocycles. The van der Waals surface area contributed by atoms with Gasteiger partial charge in [-0.2, -0.15) is 5.06 Å². The van der Waals surface area contributed by atoms with Crippen LogP contribution in [0.2, 0.25) is 0 Å². The summed E-state index contributed by atoms with van der Waals surface area (Å²) >= 11 is 0.950. The second-order valence-corrected chi connectivity index (χ2v) is 8.45. The molecular weight excluding hydrogens is 430 g/mol. The van der Waals surface area contributed by atoms with E-state index in [0.29, 0.717) is 13.0 Å². The minimum Gasteiger partial charge on any atom is -0.453 e. The number of hydrogen-bond donors (Lipinski definition) is 3. The van der Waals surface area contributed by atoms with Gasteiger partial charge < -0.3 is 25.0 Å². The molecule has 168 valence electrons. The van der Waals surface area contributed by atoms with Gasteiger partial charge in [0.25, 0.3) is 0 Å². The summed E-state index contributed by atoms with van der Waals surface area (Å²) in [5.41, 5.74) is 3.77. The van der Waals surface area contributed by atoms with E-state index in [1.165, 1.54) is 12.2 Å². The maximum Gasteiger partial charge on any atom is 0.407 e. The third-order valence-corrected chi connectivity index (χ3v) is 6.38. The Morgan fingerprint density at radius 3 is 2.75 bits per heavy atom. The van der Waals surface area contributed by atoms with Gasteiger partial charge in [0.2, 0.25) is 0 Å². The van der Waals surface area contributed by atoms with Gasteiger partial charge >= 0.3 is 11.4 Å². The fourth-order valence-electron chi connectivity index (χ4n) is 4.00. The Morgan fingerprint density at radius 2 is 1.97 bits per heavy atom. The van der Waals surface area contributed by atoms with E-state index in [1.807, 2.05) is 54.6 Å². The number of amides is 1. The number of benzene rings is 2. The van der Waals surface area contributed by atoms with Crippen LogP contribution in [-0.4, -0.2) is 52.1 Å². The molecule has 9 heteroatoms. The Labute approximate surface area is 189 Å². The summed E-state index contributed by atoms with van der Waals surface area (Å²) in [7, 11) is 1.28. The van der Waals surface area contributed by atoms with Gasteiger partial charge in [0, 0.05) is 28.9 Å². The van der Waals surface area contributed by atoms with Crippen molar-refractivity contribution in [2.24, 2.45) is 0 Å². The predicted molar refractivity (Wildman–Crippen MR) is 122 cm³/mol. The summed E-state index contributed by atoms with van der Waals surface area (Å²) in [4.78, 5) is 27.8. The van der Waals surface area contributed by atoms with Crippen LogP contribution in [0.5, 0.6) is 0 Å². The molecule has 2 heterocycles. The van der Waals surface area contributed by atoms with Crippen molar-refractivity contribution in [3.05, 3.63) is 71.4 Å². The van der Waals surface area contributed by atoms with Crippen LogP contribution >= 0.6 is 11.8 Å². The fourth-order valence-corrected chi connectivity index (χ4v) is 4.73. The first-order valence-electron chi connectivity index (χ1n) is 10.3. The summed E-state index contributed by atoms with van der Waals surface area (Å²) in [6, 6.07) is 16.2. The number of para-hydroxylation sites is 1. The highest BCUT2D eigenvalue weighted by Gasteiger charge is 2.37. The van der Waals surface area contributed by atoms with E-state index in [-0.39, 0.29) is 12.4 Å². The molecule has 4 rings (SSSR count). The Balaban J connectivity index is 1.51. The first-order chi connectivity index (χ1) is 15.6. The maximum atomic E-state index is 12.3. The topological polar surface area (TPSA) is 104 Å². The van der Waals surface area contributed by atoms with E-state index < -0.39 is 23.5 Å². The normalized spacial score (nSPS) is 16.9. The SMILES string of the molecule is COC(=O)N[C@@H](CSC(=O)OCc1ccccc1)[C@H]1c2[nH]c3ccccc3c2CCN1O. The highest BCUT2D eigenvalue weighted by atomic mass is 32.2. The quantitative estimate of drug-likeness (QED) is 0.477. The van der Waals surface area contributed by atoms with Crippen LogP contribution in [0.3, 0.4) is 0 Å². The number of methoxy groups -OCH3 is 1. The van der Waals surface area contributed by atoms with Crippen molar-refractivity contribution in [3.63, 3.8) is 0 Å². The lowest BCUT2D eigenvalue weighted by molar-refractivity contribution is -0.140. The second kappa shape index (κ2) is 10.1. The minimum atomic E-state index is -0.634. The number of aromatic nitrogens is 1. The van der Waals surface area contributed by atoms with E-state index in [2.05, 4.69) is 10.3 Å². The zero-order valence-corrected chi connectivity index (χ0v) is 18.4. The monoisotopic (exact) mass is 455 g/mol. The number of fused-ring (bicyclic) bond motifs is 3. The highest BCUT2D eigenvalue weighted by Crippen LogP contribution is 2.36. The van der Waals surface area contributed by atoms with Crippen LogP contribution in [0, 0.1) is 0 Å². The van der Waals surface area contributed by atoms with Crippen LogP contribution in [0.25, 0.3) is 10.9 Å². The first-order valence-corrected chi connectivity index (χ1v) is 11.3. The Hall–Kier alpha value is -3.01. The van der Waals surface area contributed by atoms with Crippen LogP contribution in [0.15, 0.2) is 54.6 Å². The standard InChI is InChI=1S/C23H25N3O5S/c1-30-22(27)25-19(14-32-23(28)31-13-15-7-3-2-4-8-15)21-20-17(11-12-26(21)29)16-9-5-6-10-18(16)24-20/h2-10,19,21,24,29H,11-14H2,1H3,(H,25,27)/t19-,21-/m0/s1. The van der Waals surface area contributed by atoms with Crippen LogP contribution in [0.1, 0.15) is 22.9 Å². The van der Waals surface area contributed by atoms with Gasteiger partial charge in [0.1, 0.15) is 6.61 Å². The number of hydrogen-bond acceptors (Lipinski definition) is 7. The van der Waals surface area contributed by atoms with Gasteiger partial charge in [-0.05, 0) is 35.4 Å². The molecule has 0 saturated heterocycles. The Bertz CT molecular complexity index is 1090. The molecule has 2 aromatic carbocycles. The number of hydroxylamine groups is 2. The summed E-state index contributed by atoms with van der Waals surface area (Å²) in [5.74, 6) is 0.194. The van der Waals surface area contributed by atoms with Gasteiger partial charge in [-0.1, -0.05) is 48.5 Å². The number of H-pyrrole nitrogens is 1. The third-order valence-electron chi connectivity index (χ3n) is 5.50. The largest absolute Gasteiger partial charge is 0.453 e. The average Bonchev–Trinajstić information content (AvgIpc) is 3.19. The molecule has 2 atom stereocenters. The van der Waals surface area contributed by atoms with E-state index in [4.69, 9.17) is 9.47 Å². The number of alkyl carbamates (subject to hydrolysis) is 1. The van der Waals surface area contributed by atoms with Crippen molar-refractivity contribution in [2.45, 2.75) is 25.1 Å². The Morgan fingerprint density at radius 1 is 1.22 bits per heavy atom. The molecule has 0 unspecified atom stereocenters. The smallest absolute Gasteiger partial charge is 0.407 e. The van der Waals surface area contributed by atoms with E-state index in [0.717, 1.165) is 39.5 Å². The zero-order chi connectivity index (χ0) is 22.5. The van der Waals surface area contributed by atoms with Crippen molar-refractivity contribution in [3.8, 4) is 0 Å². The molecule has 0 radical (unpaired) electrons. The lowest BCUT2D eigenvalue weighted by Crippen LogP contribution is -2.49. The highest BCUT2D eigenvalue weighted by molar-refractivity contribution is 8.13. The number of aromatic amines is 1. The summed E-state index contributed by atoms with van der Waals surface area (Å²) in [5, 5.41) is 15.3. The molecule has 3 N–H and O–H groups in total. The maximum absolute atomic E-state index is 12.3. The predicted octanol–water partition coefficient (Wildman–Crippen LogP) is 4.25. The number of carbonyl (C=O) groups excluding carboxylic acids is 2. The summed E-state index contributed by atoms with van der Waals surface area (Å²) < 4.78 is 10.1. The molecular formula is C23H25N3O5S. The van der Waals surface area contributed by atoms with Crippen LogP contribution in [0.4, 0.5) is 9.59 Å². The number of nitrogens with zero attached hydrogens (tertiary/aromatic N) is 1. The van der Waals surface area contributed by atoms with E-state index >= 15 is 0 Å². The lowest BCUT2D eigenvalue weighted by atomic mass is 9.95. The molecule has 1 amide bonds. The van der Waals surface area contributed by atoms with Crippen LogP contribution < -0.4 is 5.32 Å². The van der Waals surface area contributed by atoms with Crippen LogP contribution in [-0.2, 0) is 22.5 Å². The van der Waals surface area contributed by atoms with Gasteiger partial charge in [-0.25, -0.2) is 9.59 Å². The number of nitrogens with one attached hydrogen (secondary N) is 2. The van der Waals surface area contributed by atoms with Crippen molar-refractivity contribution < 1.29 is 24.3 Å². The molecule has 0 fully saturated rings. The van der Waals surface area contributed by atoms with E-state index in [1.54, 1.807) is 0 Å². The summed E-state index contributed by atoms with van der Waals surface area (Å²) in [6.07, 6.45) is 0.0358. The first kappa shape index (κ1) is 22.2. The molecule has 8 nitrogen and oxygen atoms in total. The van der Waals surface area contributed by atoms with Crippen molar-refractivity contribution in [1.29, 1.82) is 0 Å². The number of rotatable bonds is 6. The molecule has 0 bridgehead atoms. The number of ether oxygens (including phenoxy) is 2. The zero-order valence-electron chi connectivity index (χ0n) is 17.6. The molecule has 0 aliphatic carbocycles. The average molecular weight is 456 g/mol. The molecule has 3 aromatic rings. The van der Waals surface area contributed by atoms with Gasteiger partial charge in [0.05, 0.1) is 19.2 Å². The fraction of sp³-hybridized carbons (Fsp3) is 0.304. The number of thioether (sulfide) groups is 1. The van der Waals surface area contributed by atoms with E-state index in [9.17, 15) is 14.8 Å². The lowest BCUT2D eigenvalue weighted by Gasteiger charge is -2.36. The van der Waals surface area contributed by atoms with Gasteiger partial charge in [-0.3, -0.25) is 0 Å².